The maximum Gasteiger partial charge on any atom is 0.270 e. The fourth-order valence-corrected chi connectivity index (χ4v) is 2.75. The number of pyridine rings is 1. The Hall–Kier alpha value is -2.12. The smallest absolute Gasteiger partial charge is 0.270 e. The minimum atomic E-state index is -0.567. The molecule has 2 atom stereocenters. The molecule has 0 bridgehead atoms. The standard InChI is InChI=1S/C15H20N4O3/c1-3-22-12-5-4-6-19-13(9(2)17-14(12)19)15(21)18-10-7-16-8-11(10)20/h4-6,10-11,16,20H,3,7-8H2,1-2H3,(H,18,21)/t10-,11-/m1/s1. The molecule has 1 amide bonds. The van der Waals surface area contributed by atoms with E-state index in [4.69, 9.17) is 4.74 Å². The molecule has 0 unspecified atom stereocenters. The van der Waals surface area contributed by atoms with Gasteiger partial charge < -0.3 is 20.5 Å². The predicted octanol–water partition coefficient (Wildman–Crippen LogP) is 0.104. The van der Waals surface area contributed by atoms with Gasteiger partial charge in [0.15, 0.2) is 11.4 Å². The number of nitrogens with one attached hydrogen (secondary N) is 2. The quantitative estimate of drug-likeness (QED) is 0.746. The number of aromatic nitrogens is 2. The second kappa shape index (κ2) is 5.94. The Morgan fingerprint density at radius 3 is 3.09 bits per heavy atom. The van der Waals surface area contributed by atoms with E-state index >= 15 is 0 Å². The molecule has 1 aliphatic rings. The van der Waals surface area contributed by atoms with Crippen LogP contribution in [0.15, 0.2) is 18.3 Å². The van der Waals surface area contributed by atoms with Gasteiger partial charge in [0.25, 0.3) is 5.91 Å². The Morgan fingerprint density at radius 1 is 1.59 bits per heavy atom. The van der Waals surface area contributed by atoms with Crippen molar-refractivity contribution in [3.63, 3.8) is 0 Å². The number of amides is 1. The molecule has 7 nitrogen and oxygen atoms in total. The molecule has 0 saturated carbocycles. The zero-order chi connectivity index (χ0) is 15.7. The average Bonchev–Trinajstić information content (AvgIpc) is 3.03. The highest BCUT2D eigenvalue weighted by atomic mass is 16.5. The van der Waals surface area contributed by atoms with Gasteiger partial charge in [-0.25, -0.2) is 4.98 Å². The van der Waals surface area contributed by atoms with Gasteiger partial charge in [-0.1, -0.05) is 0 Å². The lowest BCUT2D eigenvalue weighted by Gasteiger charge is -2.15. The predicted molar refractivity (Wildman–Crippen MR) is 81.2 cm³/mol. The molecule has 118 valence electrons. The number of β-amino-alcohol motifs (C(OH)–C–C–N with tert-alkyl or cyclic N) is 1. The Balaban J connectivity index is 1.94. The summed E-state index contributed by atoms with van der Waals surface area (Å²) in [6.45, 7) is 5.29. The zero-order valence-electron chi connectivity index (χ0n) is 12.7. The Kier molecular flexibility index (Phi) is 4.00. The maximum atomic E-state index is 12.6. The van der Waals surface area contributed by atoms with E-state index in [1.807, 2.05) is 19.1 Å². The normalized spacial score (nSPS) is 21.2. The lowest BCUT2D eigenvalue weighted by atomic mass is 10.2. The average molecular weight is 304 g/mol. The molecule has 0 aromatic carbocycles. The monoisotopic (exact) mass is 304 g/mol. The summed E-state index contributed by atoms with van der Waals surface area (Å²) in [6.07, 6.45) is 1.22. The summed E-state index contributed by atoms with van der Waals surface area (Å²) in [5.41, 5.74) is 1.72. The first kappa shape index (κ1) is 14.8. The topological polar surface area (TPSA) is 87.9 Å². The summed E-state index contributed by atoms with van der Waals surface area (Å²) >= 11 is 0. The van der Waals surface area contributed by atoms with Crippen LogP contribution in [0.3, 0.4) is 0 Å². The highest BCUT2D eigenvalue weighted by Gasteiger charge is 2.28. The number of aryl methyl sites for hydroxylation is 1. The fraction of sp³-hybridized carbons (Fsp3) is 0.467. The van der Waals surface area contributed by atoms with Crippen molar-refractivity contribution in [3.8, 4) is 5.75 Å². The van der Waals surface area contributed by atoms with Crippen LogP contribution in [0.2, 0.25) is 0 Å². The van der Waals surface area contributed by atoms with Crippen molar-refractivity contribution in [1.29, 1.82) is 0 Å². The number of ether oxygens (including phenoxy) is 1. The van der Waals surface area contributed by atoms with Gasteiger partial charge in [-0.2, -0.15) is 0 Å². The molecule has 0 aliphatic carbocycles. The molecule has 3 heterocycles. The van der Waals surface area contributed by atoms with Gasteiger partial charge in [-0.3, -0.25) is 9.20 Å². The van der Waals surface area contributed by atoms with E-state index in [-0.39, 0.29) is 11.9 Å². The zero-order valence-corrected chi connectivity index (χ0v) is 12.7. The SMILES string of the molecule is CCOc1cccn2c(C(=O)N[C@@H]3CNC[C@H]3O)c(C)nc12. The van der Waals surface area contributed by atoms with Crippen LogP contribution in [0.25, 0.3) is 5.65 Å². The van der Waals surface area contributed by atoms with Crippen LogP contribution in [-0.2, 0) is 0 Å². The first-order chi connectivity index (χ1) is 10.6. The summed E-state index contributed by atoms with van der Waals surface area (Å²) in [5, 5.41) is 15.7. The van der Waals surface area contributed by atoms with Gasteiger partial charge in [-0.05, 0) is 26.0 Å². The second-order valence-electron chi connectivity index (χ2n) is 5.35. The fourth-order valence-electron chi connectivity index (χ4n) is 2.75. The molecule has 0 radical (unpaired) electrons. The van der Waals surface area contributed by atoms with Crippen molar-refractivity contribution >= 4 is 11.6 Å². The van der Waals surface area contributed by atoms with Crippen LogP contribution < -0.4 is 15.4 Å². The van der Waals surface area contributed by atoms with Crippen LogP contribution in [-0.4, -0.2) is 52.2 Å². The van der Waals surface area contributed by atoms with Gasteiger partial charge in [0.1, 0.15) is 5.69 Å². The van der Waals surface area contributed by atoms with Gasteiger partial charge in [-0.15, -0.1) is 0 Å². The van der Waals surface area contributed by atoms with Gasteiger partial charge in [0.2, 0.25) is 0 Å². The number of aliphatic hydroxyl groups excluding tert-OH is 1. The third kappa shape index (κ3) is 2.53. The van der Waals surface area contributed by atoms with Crippen molar-refractivity contribution < 1.29 is 14.6 Å². The molecule has 0 spiro atoms. The van der Waals surface area contributed by atoms with E-state index in [1.165, 1.54) is 0 Å². The molecular weight excluding hydrogens is 284 g/mol. The molecule has 1 saturated heterocycles. The van der Waals surface area contributed by atoms with Crippen LogP contribution >= 0.6 is 0 Å². The first-order valence-electron chi connectivity index (χ1n) is 7.42. The van der Waals surface area contributed by atoms with Crippen molar-refractivity contribution in [2.45, 2.75) is 26.0 Å². The maximum absolute atomic E-state index is 12.6. The van der Waals surface area contributed by atoms with Gasteiger partial charge >= 0.3 is 0 Å². The van der Waals surface area contributed by atoms with Crippen LogP contribution in [0.1, 0.15) is 23.1 Å². The summed E-state index contributed by atoms with van der Waals surface area (Å²) in [6, 6.07) is 3.37. The van der Waals surface area contributed by atoms with E-state index in [0.717, 1.165) is 0 Å². The molecule has 1 fully saturated rings. The molecule has 7 heteroatoms. The third-order valence-electron chi connectivity index (χ3n) is 3.80. The third-order valence-corrected chi connectivity index (χ3v) is 3.80. The Bertz CT molecular complexity index is 697. The number of carbonyl (C=O) groups is 1. The molecule has 3 N–H and O–H groups in total. The van der Waals surface area contributed by atoms with Crippen molar-refractivity contribution in [1.82, 2.24) is 20.0 Å². The van der Waals surface area contributed by atoms with E-state index in [1.54, 1.807) is 17.5 Å². The number of carbonyl (C=O) groups excluding carboxylic acids is 1. The van der Waals surface area contributed by atoms with Crippen LogP contribution in [0, 0.1) is 6.92 Å². The van der Waals surface area contributed by atoms with Gasteiger partial charge in [0, 0.05) is 19.3 Å². The highest BCUT2D eigenvalue weighted by Crippen LogP contribution is 2.22. The minimum Gasteiger partial charge on any atom is -0.490 e. The number of hydrogen-bond acceptors (Lipinski definition) is 5. The Labute approximate surface area is 128 Å². The van der Waals surface area contributed by atoms with Crippen LogP contribution in [0.5, 0.6) is 5.75 Å². The molecular formula is C15H20N4O3. The molecule has 2 aromatic rings. The summed E-state index contributed by atoms with van der Waals surface area (Å²) in [4.78, 5) is 17.0. The molecule has 22 heavy (non-hydrogen) atoms. The van der Waals surface area contributed by atoms with Crippen molar-refractivity contribution in [2.75, 3.05) is 19.7 Å². The summed E-state index contributed by atoms with van der Waals surface area (Å²) in [7, 11) is 0. The minimum absolute atomic E-state index is 0.244. The van der Waals surface area contributed by atoms with Crippen LogP contribution in [0.4, 0.5) is 0 Å². The van der Waals surface area contributed by atoms with E-state index in [9.17, 15) is 9.90 Å². The lowest BCUT2D eigenvalue weighted by Crippen LogP contribution is -2.43. The molecule has 2 aromatic heterocycles. The summed E-state index contributed by atoms with van der Waals surface area (Å²) < 4.78 is 7.28. The number of aliphatic hydroxyl groups is 1. The van der Waals surface area contributed by atoms with Gasteiger partial charge in [0.05, 0.1) is 24.4 Å². The number of nitrogens with zero attached hydrogens (tertiary/aromatic N) is 2. The second-order valence-corrected chi connectivity index (χ2v) is 5.35. The largest absolute Gasteiger partial charge is 0.490 e. The van der Waals surface area contributed by atoms with Crippen molar-refractivity contribution in [2.24, 2.45) is 0 Å². The number of rotatable bonds is 4. The summed E-state index contributed by atoms with van der Waals surface area (Å²) in [5.74, 6) is 0.404. The van der Waals surface area contributed by atoms with E-state index in [2.05, 4.69) is 15.6 Å². The molecule has 3 rings (SSSR count). The number of imidazole rings is 1. The lowest BCUT2D eigenvalue weighted by molar-refractivity contribution is 0.0882. The molecule has 1 aliphatic heterocycles. The van der Waals surface area contributed by atoms with Crippen molar-refractivity contribution in [3.05, 3.63) is 29.7 Å². The highest BCUT2D eigenvalue weighted by molar-refractivity contribution is 5.95. The van der Waals surface area contributed by atoms with E-state index < -0.39 is 6.10 Å². The first-order valence-corrected chi connectivity index (χ1v) is 7.42. The van der Waals surface area contributed by atoms with E-state index in [0.29, 0.717) is 42.5 Å². The number of hydrogen-bond donors (Lipinski definition) is 3. The number of fused-ring (bicyclic) bond motifs is 1. The Morgan fingerprint density at radius 2 is 2.41 bits per heavy atom.